The maximum absolute atomic E-state index is 6.03. The lowest BCUT2D eigenvalue weighted by atomic mass is 9.90. The Bertz CT molecular complexity index is 1190. The van der Waals surface area contributed by atoms with E-state index in [2.05, 4.69) is 57.4 Å². The highest BCUT2D eigenvalue weighted by Crippen LogP contribution is 2.36. The minimum absolute atomic E-state index is 0.0337. The van der Waals surface area contributed by atoms with Gasteiger partial charge in [-0.25, -0.2) is 0 Å². The van der Waals surface area contributed by atoms with Crippen LogP contribution in [0, 0.1) is 5.92 Å². The summed E-state index contributed by atoms with van der Waals surface area (Å²) in [6.07, 6.45) is 0.0337. The van der Waals surface area contributed by atoms with Gasteiger partial charge in [0.2, 0.25) is 0 Å². The molecule has 3 aromatic rings. The molecule has 0 N–H and O–H groups in total. The SMILES string of the molecule is COc1ccc2c(c1)C1=NO[C@@H](CN3CCN(Cc4ccc5ccccc5c4)CC3)[C@@H]1CO2. The average Bonchev–Trinajstić information content (AvgIpc) is 3.28. The predicted octanol–water partition coefficient (Wildman–Crippen LogP) is 3.78. The number of methoxy groups -OCH3 is 1. The zero-order valence-corrected chi connectivity index (χ0v) is 18.9. The van der Waals surface area contributed by atoms with Crippen molar-refractivity contribution >= 4 is 16.5 Å². The Morgan fingerprint density at radius 2 is 1.76 bits per heavy atom. The van der Waals surface area contributed by atoms with Crippen molar-refractivity contribution in [2.75, 3.05) is 46.4 Å². The molecular weight excluding hydrogens is 414 g/mol. The van der Waals surface area contributed by atoms with Crippen LogP contribution in [0.5, 0.6) is 11.5 Å². The van der Waals surface area contributed by atoms with E-state index >= 15 is 0 Å². The van der Waals surface area contributed by atoms with Crippen molar-refractivity contribution in [3.05, 3.63) is 71.8 Å². The molecule has 0 spiro atoms. The fourth-order valence-electron chi connectivity index (χ4n) is 5.16. The molecule has 33 heavy (non-hydrogen) atoms. The number of piperazine rings is 1. The second-order valence-electron chi connectivity index (χ2n) is 9.16. The van der Waals surface area contributed by atoms with Gasteiger partial charge in [-0.3, -0.25) is 9.80 Å². The van der Waals surface area contributed by atoms with Gasteiger partial charge >= 0.3 is 0 Å². The molecule has 3 aromatic carbocycles. The van der Waals surface area contributed by atoms with Crippen LogP contribution in [0.2, 0.25) is 0 Å². The van der Waals surface area contributed by atoms with Crippen molar-refractivity contribution in [3.8, 4) is 11.5 Å². The number of nitrogens with zero attached hydrogens (tertiary/aromatic N) is 3. The highest BCUT2D eigenvalue weighted by molar-refractivity contribution is 6.06. The Morgan fingerprint density at radius 1 is 0.939 bits per heavy atom. The Balaban J connectivity index is 1.05. The van der Waals surface area contributed by atoms with Crippen LogP contribution in [0.3, 0.4) is 0 Å². The van der Waals surface area contributed by atoms with Crippen LogP contribution >= 0.6 is 0 Å². The molecule has 6 rings (SSSR count). The van der Waals surface area contributed by atoms with Gasteiger partial charge in [0.1, 0.15) is 23.8 Å². The molecule has 1 fully saturated rings. The van der Waals surface area contributed by atoms with E-state index in [4.69, 9.17) is 14.3 Å². The summed E-state index contributed by atoms with van der Waals surface area (Å²) in [7, 11) is 1.68. The van der Waals surface area contributed by atoms with Crippen molar-refractivity contribution < 1.29 is 14.3 Å². The quantitative estimate of drug-likeness (QED) is 0.601. The number of hydrogen-bond donors (Lipinski definition) is 0. The highest BCUT2D eigenvalue weighted by atomic mass is 16.6. The molecule has 2 atom stereocenters. The number of ether oxygens (including phenoxy) is 2. The zero-order chi connectivity index (χ0) is 22.2. The average molecular weight is 444 g/mol. The summed E-state index contributed by atoms with van der Waals surface area (Å²) >= 11 is 0. The maximum atomic E-state index is 6.03. The van der Waals surface area contributed by atoms with Crippen molar-refractivity contribution in [3.63, 3.8) is 0 Å². The number of rotatable bonds is 5. The Kier molecular flexibility index (Phi) is 5.40. The van der Waals surface area contributed by atoms with E-state index in [1.165, 1.54) is 16.3 Å². The third-order valence-corrected chi connectivity index (χ3v) is 7.09. The van der Waals surface area contributed by atoms with Gasteiger partial charge in [0.15, 0.2) is 6.10 Å². The molecule has 0 unspecified atom stereocenters. The van der Waals surface area contributed by atoms with Crippen molar-refractivity contribution in [2.24, 2.45) is 11.1 Å². The maximum Gasteiger partial charge on any atom is 0.151 e. The van der Waals surface area contributed by atoms with Crippen LogP contribution in [0.1, 0.15) is 11.1 Å². The molecule has 0 aliphatic carbocycles. The molecule has 0 radical (unpaired) electrons. The van der Waals surface area contributed by atoms with Crippen LogP contribution < -0.4 is 9.47 Å². The van der Waals surface area contributed by atoms with Crippen molar-refractivity contribution in [2.45, 2.75) is 12.6 Å². The third-order valence-electron chi connectivity index (χ3n) is 7.09. The second kappa shape index (κ2) is 8.69. The molecule has 3 aliphatic heterocycles. The zero-order valence-electron chi connectivity index (χ0n) is 18.9. The molecule has 6 heteroatoms. The van der Waals surface area contributed by atoms with Gasteiger partial charge in [0.25, 0.3) is 0 Å². The summed E-state index contributed by atoms with van der Waals surface area (Å²) in [5, 5.41) is 7.08. The lowest BCUT2D eigenvalue weighted by molar-refractivity contribution is 0.00850. The molecule has 0 bridgehead atoms. The van der Waals surface area contributed by atoms with E-state index in [9.17, 15) is 0 Å². The minimum Gasteiger partial charge on any atom is -0.497 e. The van der Waals surface area contributed by atoms with E-state index in [-0.39, 0.29) is 12.0 Å². The number of fused-ring (bicyclic) bond motifs is 4. The third kappa shape index (κ3) is 4.05. The van der Waals surface area contributed by atoms with E-state index < -0.39 is 0 Å². The monoisotopic (exact) mass is 443 g/mol. The van der Waals surface area contributed by atoms with E-state index in [1.807, 2.05) is 18.2 Å². The van der Waals surface area contributed by atoms with E-state index in [0.717, 1.165) is 62.0 Å². The van der Waals surface area contributed by atoms with Gasteiger partial charge in [-0.2, -0.15) is 0 Å². The van der Waals surface area contributed by atoms with Gasteiger partial charge in [-0.15, -0.1) is 0 Å². The molecule has 1 saturated heterocycles. The second-order valence-corrected chi connectivity index (χ2v) is 9.16. The highest BCUT2D eigenvalue weighted by Gasteiger charge is 2.41. The van der Waals surface area contributed by atoms with Crippen LogP contribution in [0.15, 0.2) is 65.8 Å². The van der Waals surface area contributed by atoms with Gasteiger partial charge in [0.05, 0.1) is 13.0 Å². The van der Waals surface area contributed by atoms with E-state index in [0.29, 0.717) is 6.61 Å². The van der Waals surface area contributed by atoms with E-state index in [1.54, 1.807) is 7.11 Å². The summed E-state index contributed by atoms with van der Waals surface area (Å²) in [6.45, 7) is 6.71. The summed E-state index contributed by atoms with van der Waals surface area (Å²) in [5.41, 5.74) is 3.37. The smallest absolute Gasteiger partial charge is 0.151 e. The fourth-order valence-corrected chi connectivity index (χ4v) is 5.16. The Labute approximate surface area is 194 Å². The lowest BCUT2D eigenvalue weighted by Gasteiger charge is -2.36. The molecule has 0 saturated carbocycles. The van der Waals surface area contributed by atoms with Gasteiger partial charge in [-0.05, 0) is 40.6 Å². The van der Waals surface area contributed by atoms with Gasteiger partial charge in [0, 0.05) is 44.8 Å². The standard InChI is InChI=1S/C27H29N3O3/c1-31-22-8-9-25-23(15-22)27-24(18-32-25)26(33-28-27)17-30-12-10-29(11-13-30)16-19-6-7-20-4-2-3-5-21(20)14-19/h2-9,14-15,24,26H,10-13,16-18H2,1H3/t24-,26-/m0/s1. The molecule has 170 valence electrons. The van der Waals surface area contributed by atoms with Crippen LogP contribution in [-0.4, -0.2) is 68.1 Å². The first-order chi connectivity index (χ1) is 16.3. The first-order valence-electron chi connectivity index (χ1n) is 11.7. The fraction of sp³-hybridized carbons (Fsp3) is 0.370. The number of benzene rings is 3. The Hall–Kier alpha value is -3.09. The molecular formula is C27H29N3O3. The summed E-state index contributed by atoms with van der Waals surface area (Å²) in [5.74, 6) is 1.84. The summed E-state index contributed by atoms with van der Waals surface area (Å²) in [4.78, 5) is 11.0. The first kappa shape index (κ1) is 20.5. The topological polar surface area (TPSA) is 46.5 Å². The minimum atomic E-state index is 0.0337. The molecule has 0 amide bonds. The number of hydrogen-bond acceptors (Lipinski definition) is 6. The van der Waals surface area contributed by atoms with Gasteiger partial charge in [-0.1, -0.05) is 41.6 Å². The van der Waals surface area contributed by atoms with Gasteiger partial charge < -0.3 is 14.3 Å². The van der Waals surface area contributed by atoms with Crippen LogP contribution in [0.25, 0.3) is 10.8 Å². The largest absolute Gasteiger partial charge is 0.497 e. The molecule has 3 aliphatic rings. The predicted molar refractivity (Wildman–Crippen MR) is 129 cm³/mol. The summed E-state index contributed by atoms with van der Waals surface area (Å²) < 4.78 is 11.4. The van der Waals surface area contributed by atoms with Crippen LogP contribution in [-0.2, 0) is 11.4 Å². The normalized spacial score (nSPS) is 22.8. The van der Waals surface area contributed by atoms with Crippen LogP contribution in [0.4, 0.5) is 0 Å². The van der Waals surface area contributed by atoms with Crippen molar-refractivity contribution in [1.29, 1.82) is 0 Å². The number of oxime groups is 1. The molecule has 0 aromatic heterocycles. The molecule has 6 nitrogen and oxygen atoms in total. The first-order valence-corrected chi connectivity index (χ1v) is 11.7. The summed E-state index contributed by atoms with van der Waals surface area (Å²) in [6, 6.07) is 21.3. The molecule has 3 heterocycles. The Morgan fingerprint density at radius 3 is 2.61 bits per heavy atom. The van der Waals surface area contributed by atoms with Crippen molar-refractivity contribution in [1.82, 2.24) is 9.80 Å². The lowest BCUT2D eigenvalue weighted by Crippen LogP contribution is -2.50.